The van der Waals surface area contributed by atoms with Crippen molar-refractivity contribution in [3.05, 3.63) is 53.6 Å². The highest BCUT2D eigenvalue weighted by atomic mass is 32.2. The maximum absolute atomic E-state index is 12.3. The van der Waals surface area contributed by atoms with Crippen LogP contribution in [0.4, 0.5) is 5.69 Å². The Bertz CT molecular complexity index is 1150. The smallest absolute Gasteiger partial charge is 0.224 e. The van der Waals surface area contributed by atoms with Crippen molar-refractivity contribution in [2.45, 2.75) is 24.1 Å². The number of hydrogen-bond acceptors (Lipinski definition) is 8. The van der Waals surface area contributed by atoms with E-state index in [1.54, 1.807) is 14.2 Å². The summed E-state index contributed by atoms with van der Waals surface area (Å²) in [5.74, 6) is 1.74. The molecule has 0 bridgehead atoms. The Morgan fingerprint density at radius 2 is 1.91 bits per heavy atom. The van der Waals surface area contributed by atoms with Gasteiger partial charge in [0, 0.05) is 23.5 Å². The van der Waals surface area contributed by atoms with Crippen LogP contribution in [0.1, 0.15) is 11.1 Å². The topological polar surface area (TPSA) is 106 Å². The highest BCUT2D eigenvalue weighted by molar-refractivity contribution is 8.15. The summed E-state index contributed by atoms with van der Waals surface area (Å²) in [5, 5.41) is 6.96. The lowest BCUT2D eigenvalue weighted by atomic mass is 10.1. The Morgan fingerprint density at radius 3 is 2.61 bits per heavy atom. The Kier molecular flexibility index (Phi) is 7.14. The summed E-state index contributed by atoms with van der Waals surface area (Å²) in [5.41, 5.74) is 2.77. The van der Waals surface area contributed by atoms with E-state index < -0.39 is 9.84 Å². The average Bonchev–Trinajstić information content (AvgIpc) is 3.27. The van der Waals surface area contributed by atoms with Crippen molar-refractivity contribution in [2.24, 2.45) is 4.99 Å². The summed E-state index contributed by atoms with van der Waals surface area (Å²) >= 11 is 1.48. The van der Waals surface area contributed by atoms with Crippen LogP contribution in [0.15, 0.2) is 47.5 Å². The number of amidine groups is 1. The van der Waals surface area contributed by atoms with E-state index in [1.807, 2.05) is 42.5 Å². The molecular weight excluding hydrogens is 462 g/mol. The van der Waals surface area contributed by atoms with Crippen molar-refractivity contribution < 1.29 is 22.7 Å². The number of ether oxygens (including phenoxy) is 2. The largest absolute Gasteiger partial charge is 0.497 e. The Hall–Kier alpha value is -2.72. The fraction of sp³-hybridized carbons (Fsp3) is 0.391. The molecule has 2 aromatic rings. The predicted octanol–water partition coefficient (Wildman–Crippen LogP) is 2.29. The van der Waals surface area contributed by atoms with Crippen LogP contribution < -0.4 is 20.1 Å². The summed E-state index contributed by atoms with van der Waals surface area (Å²) < 4.78 is 34.0. The van der Waals surface area contributed by atoms with E-state index in [2.05, 4.69) is 15.6 Å². The molecule has 8 nitrogen and oxygen atoms in total. The van der Waals surface area contributed by atoms with Crippen LogP contribution in [-0.2, 0) is 27.5 Å². The summed E-state index contributed by atoms with van der Waals surface area (Å²) in [7, 11) is 0.271. The molecular formula is C23H27N3O5S2. The van der Waals surface area contributed by atoms with Crippen LogP contribution in [0.5, 0.6) is 11.5 Å². The molecule has 2 N–H and O–H groups in total. The number of thioether (sulfide) groups is 1. The number of amides is 1. The zero-order valence-corrected chi connectivity index (χ0v) is 20.2. The first kappa shape index (κ1) is 23.4. The van der Waals surface area contributed by atoms with Gasteiger partial charge in [0.05, 0.1) is 38.2 Å². The lowest BCUT2D eigenvalue weighted by Crippen LogP contribution is -2.27. The molecule has 2 aromatic carbocycles. The van der Waals surface area contributed by atoms with Crippen molar-refractivity contribution in [1.29, 1.82) is 0 Å². The molecule has 2 aliphatic heterocycles. The average molecular weight is 490 g/mol. The van der Waals surface area contributed by atoms with E-state index >= 15 is 0 Å². The number of sulfone groups is 1. The normalized spacial score (nSPS) is 20.6. The lowest BCUT2D eigenvalue weighted by Gasteiger charge is -2.11. The molecule has 1 saturated heterocycles. The zero-order valence-electron chi connectivity index (χ0n) is 18.5. The molecule has 4 rings (SSSR count). The zero-order chi connectivity index (χ0) is 23.4. The quantitative estimate of drug-likeness (QED) is 0.586. The first-order valence-corrected chi connectivity index (χ1v) is 13.3. The first-order valence-electron chi connectivity index (χ1n) is 10.6. The number of carbonyl (C=O) groups is 1. The summed E-state index contributed by atoms with van der Waals surface area (Å²) in [6.45, 7) is 0.510. The molecule has 0 saturated carbocycles. The van der Waals surface area contributed by atoms with Crippen molar-refractivity contribution in [3.63, 3.8) is 0 Å². The molecule has 1 fully saturated rings. The van der Waals surface area contributed by atoms with E-state index in [-0.39, 0.29) is 35.1 Å². The fourth-order valence-electron chi connectivity index (χ4n) is 3.89. The fourth-order valence-corrected chi connectivity index (χ4v) is 7.56. The molecule has 2 aliphatic rings. The number of carbonyl (C=O) groups excluding carboxylic acids is 1. The number of nitrogens with one attached hydrogen (secondary N) is 2. The number of nitrogens with zero attached hydrogens (tertiary/aromatic N) is 1. The molecule has 2 heterocycles. The number of rotatable bonds is 8. The highest BCUT2D eigenvalue weighted by Crippen LogP contribution is 2.34. The van der Waals surface area contributed by atoms with E-state index in [0.29, 0.717) is 13.0 Å². The van der Waals surface area contributed by atoms with Crippen molar-refractivity contribution >= 4 is 38.4 Å². The molecule has 33 heavy (non-hydrogen) atoms. The first-order chi connectivity index (χ1) is 15.8. The molecule has 2 atom stereocenters. The summed E-state index contributed by atoms with van der Waals surface area (Å²) in [6.07, 6.45) is 0.947. The minimum absolute atomic E-state index is 0.0124. The minimum atomic E-state index is -2.95. The second kappa shape index (κ2) is 10.0. The van der Waals surface area contributed by atoms with Gasteiger partial charge in [-0.3, -0.25) is 9.79 Å². The van der Waals surface area contributed by atoms with Gasteiger partial charge in [-0.1, -0.05) is 30.0 Å². The van der Waals surface area contributed by atoms with Crippen LogP contribution in [0.3, 0.4) is 0 Å². The molecule has 0 aromatic heterocycles. The van der Waals surface area contributed by atoms with Gasteiger partial charge in [0.25, 0.3) is 0 Å². The van der Waals surface area contributed by atoms with Gasteiger partial charge in [-0.2, -0.15) is 0 Å². The van der Waals surface area contributed by atoms with Gasteiger partial charge < -0.3 is 20.1 Å². The molecule has 0 radical (unpaired) electrons. The van der Waals surface area contributed by atoms with Gasteiger partial charge >= 0.3 is 0 Å². The second-order valence-corrected chi connectivity index (χ2v) is 11.4. The van der Waals surface area contributed by atoms with Gasteiger partial charge in [0.2, 0.25) is 5.91 Å². The highest BCUT2D eigenvalue weighted by Gasteiger charge is 2.42. The monoisotopic (exact) mass is 489 g/mol. The standard InChI is InChI=1S/C23H27N3O5S2/c1-30-18-8-5-16(20(12-18)31-2)9-10-24-22(27)11-15-3-6-17(7-4-15)25-23-26-19-13-33(28,29)14-21(19)32-23/h3-8,12,19,21H,9-11,13-14H2,1-2H3,(H,24,27)(H,25,26)/t19-,21-/m1/s1. The van der Waals surface area contributed by atoms with Crippen LogP contribution in [0, 0.1) is 0 Å². The van der Waals surface area contributed by atoms with Gasteiger partial charge in [0.1, 0.15) is 11.5 Å². The lowest BCUT2D eigenvalue weighted by molar-refractivity contribution is -0.120. The van der Waals surface area contributed by atoms with Crippen LogP contribution in [0.25, 0.3) is 0 Å². The van der Waals surface area contributed by atoms with Gasteiger partial charge in [-0.25, -0.2) is 8.42 Å². The Morgan fingerprint density at radius 1 is 1.12 bits per heavy atom. The number of aliphatic imine (C=N–C) groups is 1. The number of benzene rings is 2. The maximum atomic E-state index is 12.3. The van der Waals surface area contributed by atoms with Crippen molar-refractivity contribution in [1.82, 2.24) is 5.32 Å². The Labute approximate surface area is 198 Å². The number of hydrogen-bond donors (Lipinski definition) is 2. The van der Waals surface area contributed by atoms with E-state index in [1.165, 1.54) is 11.8 Å². The van der Waals surface area contributed by atoms with Gasteiger partial charge in [0.15, 0.2) is 15.0 Å². The minimum Gasteiger partial charge on any atom is -0.497 e. The van der Waals surface area contributed by atoms with E-state index in [0.717, 1.165) is 33.5 Å². The van der Waals surface area contributed by atoms with Gasteiger partial charge in [-0.15, -0.1) is 0 Å². The van der Waals surface area contributed by atoms with Crippen LogP contribution in [0.2, 0.25) is 0 Å². The summed E-state index contributed by atoms with van der Waals surface area (Å²) in [6, 6.07) is 13.1. The molecule has 176 valence electrons. The Balaban J connectivity index is 1.23. The molecule has 10 heteroatoms. The SMILES string of the molecule is COc1ccc(CCNC(=O)Cc2ccc(NC3=N[C@@H]4CS(=O)(=O)C[C@H]4S3)cc2)c(OC)c1. The predicted molar refractivity (Wildman–Crippen MR) is 131 cm³/mol. The summed E-state index contributed by atoms with van der Waals surface area (Å²) in [4.78, 5) is 16.8. The third-order valence-electron chi connectivity index (χ3n) is 5.60. The van der Waals surface area contributed by atoms with Crippen molar-refractivity contribution in [2.75, 3.05) is 37.6 Å². The van der Waals surface area contributed by atoms with Crippen LogP contribution >= 0.6 is 11.8 Å². The van der Waals surface area contributed by atoms with Crippen LogP contribution in [-0.4, -0.2) is 63.1 Å². The third kappa shape index (κ3) is 6.00. The van der Waals surface area contributed by atoms with Crippen molar-refractivity contribution in [3.8, 4) is 11.5 Å². The second-order valence-electron chi connectivity index (χ2n) is 8.01. The number of anilines is 1. The van der Waals surface area contributed by atoms with Gasteiger partial charge in [-0.05, 0) is 35.7 Å². The van der Waals surface area contributed by atoms with E-state index in [4.69, 9.17) is 9.47 Å². The molecule has 0 aliphatic carbocycles. The molecule has 1 amide bonds. The third-order valence-corrected chi connectivity index (χ3v) is 8.74. The molecule has 0 spiro atoms. The van der Waals surface area contributed by atoms with E-state index in [9.17, 15) is 13.2 Å². The maximum Gasteiger partial charge on any atom is 0.224 e. The number of fused-ring (bicyclic) bond motifs is 1. The molecule has 0 unspecified atom stereocenters. The number of methoxy groups -OCH3 is 2.